The van der Waals surface area contributed by atoms with E-state index in [-0.39, 0.29) is 4.83 Å². The Kier molecular flexibility index (Phi) is 5.42. The Morgan fingerprint density at radius 2 is 1.76 bits per heavy atom. The van der Waals surface area contributed by atoms with E-state index in [2.05, 4.69) is 22.0 Å². The molecule has 0 aliphatic rings. The first-order chi connectivity index (χ1) is 9.97. The van der Waals surface area contributed by atoms with Crippen LogP contribution in [0.25, 0.3) is 0 Å². The largest absolute Gasteiger partial charge is 0.495 e. The molecule has 0 fully saturated rings. The van der Waals surface area contributed by atoms with Crippen molar-refractivity contribution in [2.24, 2.45) is 0 Å². The summed E-state index contributed by atoms with van der Waals surface area (Å²) >= 11 is 16.1. The van der Waals surface area contributed by atoms with Gasteiger partial charge >= 0.3 is 0 Å². The van der Waals surface area contributed by atoms with Crippen LogP contribution in [0.15, 0.2) is 30.3 Å². The average molecular weight is 390 g/mol. The Morgan fingerprint density at radius 3 is 2.33 bits per heavy atom. The summed E-state index contributed by atoms with van der Waals surface area (Å²) in [6, 6.07) is 9.67. The highest BCUT2D eigenvalue weighted by Crippen LogP contribution is 2.44. The molecule has 0 aliphatic carbocycles. The first-order valence-corrected chi connectivity index (χ1v) is 7.96. The Morgan fingerprint density at radius 1 is 1.05 bits per heavy atom. The number of hydrogen-bond donors (Lipinski definition) is 0. The highest BCUT2D eigenvalue weighted by molar-refractivity contribution is 9.09. The minimum Gasteiger partial charge on any atom is -0.495 e. The third-order valence-electron chi connectivity index (χ3n) is 3.15. The predicted molar refractivity (Wildman–Crippen MR) is 91.5 cm³/mol. The van der Waals surface area contributed by atoms with Gasteiger partial charge in [-0.25, -0.2) is 0 Å². The molecule has 2 aromatic rings. The topological polar surface area (TPSA) is 18.5 Å². The molecule has 0 heterocycles. The minimum absolute atomic E-state index is 0.0757. The van der Waals surface area contributed by atoms with Crippen molar-refractivity contribution in [3.63, 3.8) is 0 Å². The molecule has 0 aromatic heterocycles. The van der Waals surface area contributed by atoms with E-state index >= 15 is 0 Å². The van der Waals surface area contributed by atoms with Crippen LogP contribution in [0, 0.1) is 6.92 Å². The third-order valence-corrected chi connectivity index (χ3v) is 4.74. The second-order valence-electron chi connectivity index (χ2n) is 4.63. The Labute approximate surface area is 143 Å². The van der Waals surface area contributed by atoms with Gasteiger partial charge in [-0.15, -0.1) is 0 Å². The lowest BCUT2D eigenvalue weighted by atomic mass is 10.0. The number of hydrogen-bond acceptors (Lipinski definition) is 2. The molecule has 5 heteroatoms. The van der Waals surface area contributed by atoms with Crippen molar-refractivity contribution in [2.45, 2.75) is 11.8 Å². The maximum Gasteiger partial charge on any atom is 0.145 e. The van der Waals surface area contributed by atoms with Gasteiger partial charge < -0.3 is 9.47 Å². The van der Waals surface area contributed by atoms with Gasteiger partial charge in [0.05, 0.1) is 19.0 Å². The molecule has 21 heavy (non-hydrogen) atoms. The van der Waals surface area contributed by atoms with Gasteiger partial charge in [0, 0.05) is 10.6 Å². The van der Waals surface area contributed by atoms with Crippen molar-refractivity contribution in [1.82, 2.24) is 0 Å². The number of aryl methyl sites for hydroxylation is 1. The fraction of sp³-hybridized carbons (Fsp3) is 0.250. The fourth-order valence-corrected chi connectivity index (χ4v) is 3.46. The molecule has 0 aliphatic heterocycles. The van der Waals surface area contributed by atoms with Gasteiger partial charge in [0.15, 0.2) is 0 Å². The summed E-state index contributed by atoms with van der Waals surface area (Å²) in [6.07, 6.45) is 0. The van der Waals surface area contributed by atoms with Crippen molar-refractivity contribution in [3.05, 3.63) is 57.1 Å². The van der Waals surface area contributed by atoms with E-state index in [4.69, 9.17) is 32.7 Å². The molecule has 0 radical (unpaired) electrons. The zero-order chi connectivity index (χ0) is 15.6. The maximum absolute atomic E-state index is 6.31. The Bertz CT molecular complexity index is 639. The van der Waals surface area contributed by atoms with Crippen LogP contribution < -0.4 is 9.47 Å². The molecule has 112 valence electrons. The molecule has 0 amide bonds. The van der Waals surface area contributed by atoms with Crippen molar-refractivity contribution < 1.29 is 9.47 Å². The van der Waals surface area contributed by atoms with Crippen molar-refractivity contribution in [1.29, 1.82) is 0 Å². The lowest BCUT2D eigenvalue weighted by Crippen LogP contribution is -1.99. The summed E-state index contributed by atoms with van der Waals surface area (Å²) in [5.41, 5.74) is 3.06. The molecule has 2 rings (SSSR count). The SMILES string of the molecule is COc1ccc(C(Br)c2cc(C)cc(Cl)c2)c(OC)c1Cl. The summed E-state index contributed by atoms with van der Waals surface area (Å²) in [6.45, 7) is 2.01. The van der Waals surface area contributed by atoms with Gasteiger partial charge in [-0.1, -0.05) is 51.3 Å². The number of rotatable bonds is 4. The van der Waals surface area contributed by atoms with Gasteiger partial charge in [0.2, 0.25) is 0 Å². The second-order valence-corrected chi connectivity index (χ2v) is 6.36. The normalized spacial score (nSPS) is 12.1. The van der Waals surface area contributed by atoms with Gasteiger partial charge in [-0.3, -0.25) is 0 Å². The third kappa shape index (κ3) is 3.47. The zero-order valence-corrected chi connectivity index (χ0v) is 15.0. The summed E-state index contributed by atoms with van der Waals surface area (Å²) in [5.74, 6) is 1.18. The van der Waals surface area contributed by atoms with E-state index in [0.29, 0.717) is 21.5 Å². The van der Waals surface area contributed by atoms with E-state index in [1.54, 1.807) is 14.2 Å². The minimum atomic E-state index is -0.0757. The molecule has 2 nitrogen and oxygen atoms in total. The van der Waals surface area contributed by atoms with Crippen LogP contribution in [0.5, 0.6) is 11.5 Å². The van der Waals surface area contributed by atoms with Crippen LogP contribution >= 0.6 is 39.1 Å². The number of halogens is 3. The van der Waals surface area contributed by atoms with Crippen LogP contribution in [-0.4, -0.2) is 14.2 Å². The molecular formula is C16H15BrCl2O2. The summed E-state index contributed by atoms with van der Waals surface area (Å²) in [5, 5.41) is 1.16. The molecule has 0 N–H and O–H groups in total. The zero-order valence-electron chi connectivity index (χ0n) is 11.9. The van der Waals surface area contributed by atoms with E-state index < -0.39 is 0 Å². The molecule has 1 unspecified atom stereocenters. The first-order valence-electron chi connectivity index (χ1n) is 6.29. The molecule has 0 spiro atoms. The molecule has 0 saturated heterocycles. The highest BCUT2D eigenvalue weighted by Gasteiger charge is 2.20. The highest BCUT2D eigenvalue weighted by atomic mass is 79.9. The molecular weight excluding hydrogens is 375 g/mol. The van der Waals surface area contributed by atoms with Crippen LogP contribution in [0.4, 0.5) is 0 Å². The monoisotopic (exact) mass is 388 g/mol. The van der Waals surface area contributed by atoms with Gasteiger partial charge in [-0.05, 0) is 36.2 Å². The lowest BCUT2D eigenvalue weighted by molar-refractivity contribution is 0.392. The Balaban J connectivity index is 2.52. The van der Waals surface area contributed by atoms with Crippen LogP contribution in [0.3, 0.4) is 0 Å². The molecule has 0 bridgehead atoms. The van der Waals surface area contributed by atoms with Gasteiger partial charge in [-0.2, -0.15) is 0 Å². The predicted octanol–water partition coefficient (Wildman–Crippen LogP) is 5.80. The first kappa shape index (κ1) is 16.5. The van der Waals surface area contributed by atoms with Crippen molar-refractivity contribution >= 4 is 39.1 Å². The number of alkyl halides is 1. The standard InChI is InChI=1S/C16H15BrCl2O2/c1-9-6-10(8-11(18)7-9)14(17)12-4-5-13(20-2)15(19)16(12)21-3/h4-8,14H,1-3H3. The smallest absolute Gasteiger partial charge is 0.145 e. The summed E-state index contributed by atoms with van der Waals surface area (Å²) in [7, 11) is 3.17. The fourth-order valence-electron chi connectivity index (χ4n) is 2.21. The lowest BCUT2D eigenvalue weighted by Gasteiger charge is -2.18. The van der Waals surface area contributed by atoms with Crippen molar-refractivity contribution in [2.75, 3.05) is 14.2 Å². The molecule has 0 saturated carbocycles. The van der Waals surface area contributed by atoms with E-state index in [1.807, 2.05) is 31.2 Å². The van der Waals surface area contributed by atoms with E-state index in [1.165, 1.54) is 0 Å². The quantitative estimate of drug-likeness (QED) is 0.615. The Hall–Kier alpha value is -0.900. The van der Waals surface area contributed by atoms with Crippen LogP contribution in [0.2, 0.25) is 10.0 Å². The molecule has 2 aromatic carbocycles. The summed E-state index contributed by atoms with van der Waals surface area (Å²) < 4.78 is 10.7. The summed E-state index contributed by atoms with van der Waals surface area (Å²) in [4.78, 5) is -0.0757. The van der Waals surface area contributed by atoms with Crippen LogP contribution in [-0.2, 0) is 0 Å². The van der Waals surface area contributed by atoms with E-state index in [0.717, 1.165) is 16.7 Å². The molecule has 1 atom stereocenters. The van der Waals surface area contributed by atoms with E-state index in [9.17, 15) is 0 Å². The maximum atomic E-state index is 6.31. The van der Waals surface area contributed by atoms with Gasteiger partial charge in [0.25, 0.3) is 0 Å². The van der Waals surface area contributed by atoms with Crippen LogP contribution in [0.1, 0.15) is 21.5 Å². The second kappa shape index (κ2) is 6.91. The van der Waals surface area contributed by atoms with Gasteiger partial charge in [0.1, 0.15) is 16.5 Å². The number of benzene rings is 2. The van der Waals surface area contributed by atoms with Crippen molar-refractivity contribution in [3.8, 4) is 11.5 Å². The number of methoxy groups -OCH3 is 2. The number of ether oxygens (including phenoxy) is 2. The average Bonchev–Trinajstić information content (AvgIpc) is 2.45.